The average Bonchev–Trinajstić information content (AvgIpc) is 2.94. The maximum absolute atomic E-state index is 5.77. The van der Waals surface area contributed by atoms with Gasteiger partial charge in [0.15, 0.2) is 0 Å². The first-order valence-electron chi connectivity index (χ1n) is 7.31. The molecule has 19 heavy (non-hydrogen) atoms. The van der Waals surface area contributed by atoms with Gasteiger partial charge in [0.1, 0.15) is 0 Å². The minimum atomic E-state index is 0.141. The van der Waals surface area contributed by atoms with Crippen LogP contribution in [0.2, 0.25) is 0 Å². The van der Waals surface area contributed by atoms with Crippen LogP contribution >= 0.6 is 11.3 Å². The van der Waals surface area contributed by atoms with Crippen molar-refractivity contribution < 1.29 is 0 Å². The third-order valence-electron chi connectivity index (χ3n) is 4.23. The molecule has 1 aliphatic carbocycles. The lowest BCUT2D eigenvalue weighted by Gasteiger charge is -2.22. The molecule has 1 aliphatic rings. The van der Waals surface area contributed by atoms with Crippen LogP contribution in [-0.2, 0) is 11.8 Å². The molecule has 0 saturated heterocycles. The van der Waals surface area contributed by atoms with Gasteiger partial charge in [-0.3, -0.25) is 11.3 Å². The fourth-order valence-electron chi connectivity index (χ4n) is 2.92. The topological polar surface area (TPSA) is 50.9 Å². The Morgan fingerprint density at radius 3 is 2.68 bits per heavy atom. The van der Waals surface area contributed by atoms with Crippen molar-refractivity contribution in [2.24, 2.45) is 17.7 Å². The van der Waals surface area contributed by atoms with Crippen molar-refractivity contribution in [2.45, 2.75) is 64.8 Å². The summed E-state index contributed by atoms with van der Waals surface area (Å²) >= 11 is 1.77. The second-order valence-corrected chi connectivity index (χ2v) is 7.97. The van der Waals surface area contributed by atoms with E-state index in [-0.39, 0.29) is 5.41 Å². The van der Waals surface area contributed by atoms with Crippen molar-refractivity contribution in [1.29, 1.82) is 0 Å². The standard InChI is InChI=1S/C15H27N3S/c1-10-5-6-11(7-10)12(18-16)8-14-17-13(9-19-14)15(2,3)4/h9-12,18H,5-8,16H2,1-4H3. The highest BCUT2D eigenvalue weighted by Gasteiger charge is 2.29. The maximum atomic E-state index is 5.77. The van der Waals surface area contributed by atoms with Crippen LogP contribution in [0.4, 0.5) is 0 Å². The molecule has 0 spiro atoms. The van der Waals surface area contributed by atoms with Gasteiger partial charge < -0.3 is 0 Å². The summed E-state index contributed by atoms with van der Waals surface area (Å²) in [6.45, 7) is 8.98. The fraction of sp³-hybridized carbons (Fsp3) is 0.800. The first kappa shape index (κ1) is 14.9. The van der Waals surface area contributed by atoms with Crippen LogP contribution in [0.25, 0.3) is 0 Å². The number of hydrazine groups is 1. The molecule has 0 aliphatic heterocycles. The monoisotopic (exact) mass is 281 g/mol. The summed E-state index contributed by atoms with van der Waals surface area (Å²) in [5.41, 5.74) is 4.37. The van der Waals surface area contributed by atoms with Crippen LogP contribution in [0.5, 0.6) is 0 Å². The summed E-state index contributed by atoms with van der Waals surface area (Å²) in [5.74, 6) is 7.32. The van der Waals surface area contributed by atoms with E-state index in [9.17, 15) is 0 Å². The van der Waals surface area contributed by atoms with Crippen molar-refractivity contribution >= 4 is 11.3 Å². The van der Waals surface area contributed by atoms with Crippen molar-refractivity contribution in [2.75, 3.05) is 0 Å². The Labute approximate surface area is 121 Å². The number of nitrogens with one attached hydrogen (secondary N) is 1. The van der Waals surface area contributed by atoms with Crippen molar-refractivity contribution in [3.05, 3.63) is 16.1 Å². The van der Waals surface area contributed by atoms with Crippen LogP contribution in [0.15, 0.2) is 5.38 Å². The third-order valence-corrected chi connectivity index (χ3v) is 5.10. The van der Waals surface area contributed by atoms with Crippen LogP contribution in [-0.4, -0.2) is 11.0 Å². The Morgan fingerprint density at radius 2 is 2.21 bits per heavy atom. The zero-order valence-corrected chi connectivity index (χ0v) is 13.4. The maximum Gasteiger partial charge on any atom is 0.0944 e. The molecule has 0 radical (unpaired) electrons. The molecule has 1 saturated carbocycles. The molecule has 1 fully saturated rings. The van der Waals surface area contributed by atoms with Gasteiger partial charge in [-0.25, -0.2) is 4.98 Å². The summed E-state index contributed by atoms with van der Waals surface area (Å²) in [6.07, 6.45) is 4.91. The predicted molar refractivity (Wildman–Crippen MR) is 82.1 cm³/mol. The lowest BCUT2D eigenvalue weighted by atomic mass is 9.93. The van der Waals surface area contributed by atoms with E-state index in [1.54, 1.807) is 11.3 Å². The molecule has 108 valence electrons. The van der Waals surface area contributed by atoms with Gasteiger partial charge in [-0.1, -0.05) is 34.1 Å². The van der Waals surface area contributed by atoms with Crippen molar-refractivity contribution in [3.8, 4) is 0 Å². The number of thiazole rings is 1. The molecule has 1 heterocycles. The molecular weight excluding hydrogens is 254 g/mol. The molecule has 0 amide bonds. The lowest BCUT2D eigenvalue weighted by molar-refractivity contribution is 0.352. The molecule has 3 N–H and O–H groups in total. The largest absolute Gasteiger partial charge is 0.271 e. The third kappa shape index (κ3) is 3.77. The van der Waals surface area contributed by atoms with Gasteiger partial charge in [-0.2, -0.15) is 0 Å². The quantitative estimate of drug-likeness (QED) is 0.658. The Balaban J connectivity index is 2.00. The summed E-state index contributed by atoms with van der Waals surface area (Å²) in [7, 11) is 0. The van der Waals surface area contributed by atoms with E-state index in [1.807, 2.05) is 0 Å². The lowest BCUT2D eigenvalue weighted by Crippen LogP contribution is -2.41. The average molecular weight is 281 g/mol. The predicted octanol–water partition coefficient (Wildman–Crippen LogP) is 3.25. The molecule has 1 aromatic heterocycles. The van der Waals surface area contributed by atoms with Gasteiger partial charge >= 0.3 is 0 Å². The van der Waals surface area contributed by atoms with Gasteiger partial charge in [0.05, 0.1) is 10.7 Å². The molecule has 3 nitrogen and oxygen atoms in total. The van der Waals surface area contributed by atoms with Gasteiger partial charge in [0.2, 0.25) is 0 Å². The molecular formula is C15H27N3S. The molecule has 0 bridgehead atoms. The number of hydrogen-bond acceptors (Lipinski definition) is 4. The summed E-state index contributed by atoms with van der Waals surface area (Å²) in [4.78, 5) is 4.78. The van der Waals surface area contributed by atoms with E-state index in [4.69, 9.17) is 10.8 Å². The summed E-state index contributed by atoms with van der Waals surface area (Å²) in [5, 5.41) is 3.41. The number of nitrogens with two attached hydrogens (primary N) is 1. The number of hydrogen-bond donors (Lipinski definition) is 2. The van der Waals surface area contributed by atoms with E-state index in [1.165, 1.54) is 30.0 Å². The molecule has 0 aromatic carbocycles. The van der Waals surface area contributed by atoms with Crippen LogP contribution in [0.3, 0.4) is 0 Å². The molecule has 3 atom stereocenters. The van der Waals surface area contributed by atoms with Crippen molar-refractivity contribution in [1.82, 2.24) is 10.4 Å². The smallest absolute Gasteiger partial charge is 0.0944 e. The summed E-state index contributed by atoms with van der Waals surface area (Å²) < 4.78 is 0. The number of rotatable bonds is 4. The Kier molecular flexibility index (Phi) is 4.64. The first-order valence-corrected chi connectivity index (χ1v) is 8.19. The van der Waals surface area contributed by atoms with E-state index in [0.29, 0.717) is 12.0 Å². The second-order valence-electron chi connectivity index (χ2n) is 7.03. The molecule has 2 rings (SSSR count). The van der Waals surface area contributed by atoms with Gasteiger partial charge in [-0.15, -0.1) is 11.3 Å². The zero-order valence-electron chi connectivity index (χ0n) is 12.6. The normalized spacial score (nSPS) is 25.7. The Bertz CT molecular complexity index is 408. The highest BCUT2D eigenvalue weighted by Crippen LogP contribution is 2.34. The Hall–Kier alpha value is -0.450. The number of nitrogens with zero attached hydrogens (tertiary/aromatic N) is 1. The van der Waals surface area contributed by atoms with E-state index >= 15 is 0 Å². The van der Waals surface area contributed by atoms with Crippen LogP contribution in [0.1, 0.15) is 57.7 Å². The van der Waals surface area contributed by atoms with Crippen molar-refractivity contribution in [3.63, 3.8) is 0 Å². The minimum absolute atomic E-state index is 0.141. The van der Waals surface area contributed by atoms with Gasteiger partial charge in [0, 0.05) is 23.3 Å². The highest BCUT2D eigenvalue weighted by atomic mass is 32.1. The van der Waals surface area contributed by atoms with E-state index < -0.39 is 0 Å². The summed E-state index contributed by atoms with van der Waals surface area (Å²) in [6, 6.07) is 0.379. The highest BCUT2D eigenvalue weighted by molar-refractivity contribution is 7.09. The number of aromatic nitrogens is 1. The van der Waals surface area contributed by atoms with Gasteiger partial charge in [-0.05, 0) is 24.7 Å². The van der Waals surface area contributed by atoms with Crippen LogP contribution in [0, 0.1) is 11.8 Å². The zero-order chi connectivity index (χ0) is 14.0. The van der Waals surface area contributed by atoms with Gasteiger partial charge in [0.25, 0.3) is 0 Å². The van der Waals surface area contributed by atoms with E-state index in [0.717, 1.165) is 12.3 Å². The van der Waals surface area contributed by atoms with Crippen LogP contribution < -0.4 is 11.3 Å². The Morgan fingerprint density at radius 1 is 1.47 bits per heavy atom. The molecule has 3 unspecified atom stereocenters. The van der Waals surface area contributed by atoms with E-state index in [2.05, 4.69) is 38.5 Å². The SMILES string of the molecule is CC1CCC(C(Cc2nc(C(C)(C)C)cs2)NN)C1. The fourth-order valence-corrected chi connectivity index (χ4v) is 4.00. The second kappa shape index (κ2) is 5.90. The molecule has 1 aromatic rings. The first-order chi connectivity index (χ1) is 8.90. The minimum Gasteiger partial charge on any atom is -0.271 e. The molecule has 4 heteroatoms.